The molecule has 1 aromatic heterocycles. The van der Waals surface area contributed by atoms with E-state index in [1.807, 2.05) is 54.7 Å². The molecular formula is C25H21ClN4O2. The van der Waals surface area contributed by atoms with Crippen LogP contribution in [-0.4, -0.2) is 22.6 Å². The average molecular weight is 445 g/mol. The molecule has 6 nitrogen and oxygen atoms in total. The third-order valence-corrected chi connectivity index (χ3v) is 5.11. The fourth-order valence-electron chi connectivity index (χ4n) is 3.51. The van der Waals surface area contributed by atoms with E-state index in [1.165, 1.54) is 6.92 Å². The number of para-hydroxylation sites is 1. The van der Waals surface area contributed by atoms with Crippen LogP contribution >= 0.6 is 11.6 Å². The number of halogens is 1. The van der Waals surface area contributed by atoms with E-state index in [0.717, 1.165) is 22.0 Å². The minimum absolute atomic E-state index is 0.199. The maximum absolute atomic E-state index is 12.5. The van der Waals surface area contributed by atoms with Crippen LogP contribution < -0.4 is 10.7 Å². The quantitative estimate of drug-likeness (QED) is 0.322. The van der Waals surface area contributed by atoms with E-state index in [0.29, 0.717) is 22.8 Å². The van der Waals surface area contributed by atoms with E-state index in [1.54, 1.807) is 30.5 Å². The lowest BCUT2D eigenvalue weighted by molar-refractivity contribution is -0.114. The highest BCUT2D eigenvalue weighted by molar-refractivity contribution is 6.30. The molecule has 0 aliphatic heterocycles. The van der Waals surface area contributed by atoms with Gasteiger partial charge in [-0.25, -0.2) is 5.43 Å². The van der Waals surface area contributed by atoms with Gasteiger partial charge in [0.15, 0.2) is 0 Å². The molecule has 3 aromatic carbocycles. The molecule has 0 atom stereocenters. The second-order valence-corrected chi connectivity index (χ2v) is 7.76. The standard InChI is InChI=1S/C25H21ClN4O2/c1-17(31)28-22-9-5-7-19(13-22)25(32)29-27-14-20-16-30(24-11-3-2-10-23(20)24)15-18-6-4-8-21(26)12-18/h2-14,16H,15H2,1H3,(H,28,31)(H,29,32). The van der Waals surface area contributed by atoms with Crippen LogP contribution in [0.15, 0.2) is 84.1 Å². The molecule has 2 N–H and O–H groups in total. The van der Waals surface area contributed by atoms with Gasteiger partial charge in [0.1, 0.15) is 0 Å². The van der Waals surface area contributed by atoms with E-state index in [-0.39, 0.29) is 11.8 Å². The Hall–Kier alpha value is -3.90. The number of hydrogen-bond acceptors (Lipinski definition) is 3. The Labute approximate surface area is 190 Å². The molecule has 7 heteroatoms. The van der Waals surface area contributed by atoms with Crippen LogP contribution in [0.4, 0.5) is 5.69 Å². The lowest BCUT2D eigenvalue weighted by Crippen LogP contribution is -2.18. The summed E-state index contributed by atoms with van der Waals surface area (Å²) in [7, 11) is 0. The van der Waals surface area contributed by atoms with Crippen molar-refractivity contribution in [2.75, 3.05) is 5.32 Å². The Balaban J connectivity index is 1.53. The fraction of sp³-hybridized carbons (Fsp3) is 0.0800. The Morgan fingerprint density at radius 3 is 2.66 bits per heavy atom. The summed E-state index contributed by atoms with van der Waals surface area (Å²) in [5, 5.41) is 8.53. The van der Waals surface area contributed by atoms with Crippen molar-refractivity contribution in [3.8, 4) is 0 Å². The lowest BCUT2D eigenvalue weighted by Gasteiger charge is -2.05. The molecule has 0 aliphatic rings. The molecule has 0 saturated carbocycles. The molecule has 160 valence electrons. The number of anilines is 1. The number of fused-ring (bicyclic) bond motifs is 1. The van der Waals surface area contributed by atoms with Gasteiger partial charge in [-0.3, -0.25) is 9.59 Å². The highest BCUT2D eigenvalue weighted by Gasteiger charge is 2.09. The monoisotopic (exact) mass is 444 g/mol. The van der Waals surface area contributed by atoms with E-state index < -0.39 is 0 Å². The highest BCUT2D eigenvalue weighted by atomic mass is 35.5. The minimum atomic E-state index is -0.365. The predicted molar refractivity (Wildman–Crippen MR) is 128 cm³/mol. The molecule has 0 spiro atoms. The number of benzene rings is 3. The maximum atomic E-state index is 12.5. The number of carbonyl (C=O) groups excluding carboxylic acids is 2. The first-order chi connectivity index (χ1) is 15.5. The van der Waals surface area contributed by atoms with E-state index in [4.69, 9.17) is 11.6 Å². The predicted octanol–water partition coefficient (Wildman–Crippen LogP) is 5.07. The van der Waals surface area contributed by atoms with Crippen LogP contribution in [0.2, 0.25) is 5.02 Å². The summed E-state index contributed by atoms with van der Waals surface area (Å²) in [4.78, 5) is 23.7. The number of aromatic nitrogens is 1. The van der Waals surface area contributed by atoms with Crippen LogP contribution in [0.25, 0.3) is 10.9 Å². The zero-order valence-corrected chi connectivity index (χ0v) is 18.1. The molecule has 1 heterocycles. The Kier molecular flexibility index (Phi) is 6.33. The Morgan fingerprint density at radius 1 is 1.03 bits per heavy atom. The third kappa shape index (κ3) is 5.04. The van der Waals surface area contributed by atoms with Crippen LogP contribution in [0.1, 0.15) is 28.4 Å². The molecule has 0 bridgehead atoms. The summed E-state index contributed by atoms with van der Waals surface area (Å²) >= 11 is 6.13. The summed E-state index contributed by atoms with van der Waals surface area (Å²) < 4.78 is 2.13. The summed E-state index contributed by atoms with van der Waals surface area (Å²) in [5.74, 6) is -0.564. The highest BCUT2D eigenvalue weighted by Crippen LogP contribution is 2.22. The molecule has 0 radical (unpaired) electrons. The van der Waals surface area contributed by atoms with Crippen molar-refractivity contribution in [2.24, 2.45) is 5.10 Å². The van der Waals surface area contributed by atoms with E-state index in [2.05, 4.69) is 20.4 Å². The van der Waals surface area contributed by atoms with E-state index >= 15 is 0 Å². The van der Waals surface area contributed by atoms with Gasteiger partial charge in [-0.1, -0.05) is 48.0 Å². The SMILES string of the molecule is CC(=O)Nc1cccc(C(=O)NN=Cc2cn(Cc3cccc(Cl)c3)c3ccccc23)c1. The summed E-state index contributed by atoms with van der Waals surface area (Å²) in [6.07, 6.45) is 3.63. The van der Waals surface area contributed by atoms with E-state index in [9.17, 15) is 9.59 Å². The van der Waals surface area contributed by atoms with Gasteiger partial charge >= 0.3 is 0 Å². The van der Waals surface area contributed by atoms with Crippen molar-refractivity contribution in [1.82, 2.24) is 9.99 Å². The Morgan fingerprint density at radius 2 is 1.84 bits per heavy atom. The van der Waals surface area contributed by atoms with Gasteiger partial charge in [0, 0.05) is 52.4 Å². The van der Waals surface area contributed by atoms with Gasteiger partial charge in [0.25, 0.3) is 5.91 Å². The van der Waals surface area contributed by atoms with Crippen molar-refractivity contribution in [1.29, 1.82) is 0 Å². The van der Waals surface area contributed by atoms with Gasteiger partial charge in [-0.15, -0.1) is 0 Å². The number of amides is 2. The largest absolute Gasteiger partial charge is 0.342 e. The minimum Gasteiger partial charge on any atom is -0.342 e. The number of hydrogen-bond donors (Lipinski definition) is 2. The maximum Gasteiger partial charge on any atom is 0.271 e. The number of nitrogens with zero attached hydrogens (tertiary/aromatic N) is 2. The first-order valence-corrected chi connectivity index (χ1v) is 10.4. The van der Waals surface area contributed by atoms with Gasteiger partial charge in [0.2, 0.25) is 5.91 Å². The van der Waals surface area contributed by atoms with Crippen LogP contribution in [0.3, 0.4) is 0 Å². The van der Waals surface area contributed by atoms with Gasteiger partial charge < -0.3 is 9.88 Å². The third-order valence-electron chi connectivity index (χ3n) is 4.88. The molecule has 2 amide bonds. The lowest BCUT2D eigenvalue weighted by atomic mass is 10.2. The number of nitrogens with one attached hydrogen (secondary N) is 2. The normalized spacial score (nSPS) is 11.1. The molecule has 4 rings (SSSR count). The smallest absolute Gasteiger partial charge is 0.271 e. The Bertz CT molecular complexity index is 1330. The second kappa shape index (κ2) is 9.49. The summed E-state index contributed by atoms with van der Waals surface area (Å²) in [6, 6.07) is 22.5. The zero-order chi connectivity index (χ0) is 22.5. The zero-order valence-electron chi connectivity index (χ0n) is 17.4. The number of carbonyl (C=O) groups is 2. The second-order valence-electron chi connectivity index (χ2n) is 7.32. The van der Waals surface area contributed by atoms with Gasteiger partial charge in [-0.05, 0) is 42.0 Å². The first kappa shape index (κ1) is 21.3. The van der Waals surface area contributed by atoms with Gasteiger partial charge in [-0.2, -0.15) is 5.10 Å². The number of rotatable bonds is 6. The fourth-order valence-corrected chi connectivity index (χ4v) is 3.72. The molecule has 32 heavy (non-hydrogen) atoms. The molecule has 4 aromatic rings. The van der Waals surface area contributed by atoms with Crippen LogP contribution in [0.5, 0.6) is 0 Å². The van der Waals surface area contributed by atoms with Crippen molar-refractivity contribution in [2.45, 2.75) is 13.5 Å². The average Bonchev–Trinajstić information content (AvgIpc) is 3.11. The van der Waals surface area contributed by atoms with Crippen LogP contribution in [-0.2, 0) is 11.3 Å². The van der Waals surface area contributed by atoms with Crippen molar-refractivity contribution in [3.63, 3.8) is 0 Å². The van der Waals surface area contributed by atoms with Crippen molar-refractivity contribution >= 4 is 46.2 Å². The topological polar surface area (TPSA) is 75.5 Å². The molecule has 0 saturated heterocycles. The van der Waals surface area contributed by atoms with Crippen molar-refractivity contribution < 1.29 is 9.59 Å². The van der Waals surface area contributed by atoms with Gasteiger partial charge in [0.05, 0.1) is 6.21 Å². The first-order valence-electron chi connectivity index (χ1n) is 10.0. The number of hydrazone groups is 1. The van der Waals surface area contributed by atoms with Crippen LogP contribution in [0, 0.1) is 0 Å². The molecular weight excluding hydrogens is 424 g/mol. The summed E-state index contributed by atoms with van der Waals surface area (Å²) in [5.41, 5.74) is 6.54. The molecule has 0 unspecified atom stereocenters. The van der Waals surface area contributed by atoms with Crippen molar-refractivity contribution in [3.05, 3.63) is 101 Å². The summed E-state index contributed by atoms with van der Waals surface area (Å²) in [6.45, 7) is 2.08. The molecule has 0 fully saturated rings. The molecule has 0 aliphatic carbocycles.